The molecule has 0 bridgehead atoms. The summed E-state index contributed by atoms with van der Waals surface area (Å²) in [5, 5.41) is 14.6. The minimum absolute atomic E-state index is 0.0773. The van der Waals surface area contributed by atoms with Gasteiger partial charge in [-0.3, -0.25) is 4.79 Å². The van der Waals surface area contributed by atoms with Crippen molar-refractivity contribution >= 4 is 5.91 Å². The monoisotopic (exact) mass is 349 g/mol. The number of ether oxygens (including phenoxy) is 1. The van der Waals surface area contributed by atoms with Gasteiger partial charge in [-0.15, -0.1) is 5.10 Å². The lowest BCUT2D eigenvalue weighted by atomic mass is 9.78. The number of carbonyl (C=O) groups excluding carboxylic acids is 1. The number of hydrogen-bond donors (Lipinski definition) is 2. The van der Waals surface area contributed by atoms with Gasteiger partial charge in [-0.2, -0.15) is 0 Å². The summed E-state index contributed by atoms with van der Waals surface area (Å²) in [5.41, 5.74) is 0.483. The average Bonchev–Trinajstić information content (AvgIpc) is 3.10. The van der Waals surface area contributed by atoms with Crippen molar-refractivity contribution in [2.24, 2.45) is 11.3 Å². The standard InChI is InChI=1S/C18H31N5O2/c1-18(2,3)16-13(5-4-10-25-16)11-20-17(24)15-12-23(22-21-15)14-6-8-19-9-7-14/h12-14,16,19H,4-11H2,1-3H3,(H,20,24). The molecule has 7 nitrogen and oxygen atoms in total. The summed E-state index contributed by atoms with van der Waals surface area (Å²) < 4.78 is 7.83. The molecule has 1 aromatic heterocycles. The summed E-state index contributed by atoms with van der Waals surface area (Å²) in [4.78, 5) is 12.5. The molecule has 0 spiro atoms. The maximum atomic E-state index is 12.5. The van der Waals surface area contributed by atoms with Crippen LogP contribution < -0.4 is 10.6 Å². The lowest BCUT2D eigenvalue weighted by molar-refractivity contribution is -0.0839. The van der Waals surface area contributed by atoms with Gasteiger partial charge in [-0.25, -0.2) is 4.68 Å². The Morgan fingerprint density at radius 1 is 1.36 bits per heavy atom. The zero-order chi connectivity index (χ0) is 17.9. The topological polar surface area (TPSA) is 81.1 Å². The molecule has 25 heavy (non-hydrogen) atoms. The number of nitrogens with one attached hydrogen (secondary N) is 2. The smallest absolute Gasteiger partial charge is 0.273 e. The van der Waals surface area contributed by atoms with Crippen LogP contribution in [0.3, 0.4) is 0 Å². The third-order valence-corrected chi connectivity index (χ3v) is 5.25. The second-order valence-corrected chi connectivity index (χ2v) is 8.33. The number of amides is 1. The predicted molar refractivity (Wildman–Crippen MR) is 95.4 cm³/mol. The van der Waals surface area contributed by atoms with Crippen LogP contribution in [0.2, 0.25) is 0 Å². The van der Waals surface area contributed by atoms with Crippen LogP contribution in [0.5, 0.6) is 0 Å². The van der Waals surface area contributed by atoms with Gasteiger partial charge in [0.1, 0.15) is 0 Å². The summed E-state index contributed by atoms with van der Waals surface area (Å²) in [6, 6.07) is 0.340. The van der Waals surface area contributed by atoms with Crippen molar-refractivity contribution in [3.63, 3.8) is 0 Å². The Morgan fingerprint density at radius 3 is 2.84 bits per heavy atom. The lowest BCUT2D eigenvalue weighted by Crippen LogP contribution is -2.45. The van der Waals surface area contributed by atoms with Gasteiger partial charge in [0, 0.05) is 19.1 Å². The molecule has 2 atom stereocenters. The third kappa shape index (κ3) is 4.58. The van der Waals surface area contributed by atoms with Gasteiger partial charge in [0.15, 0.2) is 5.69 Å². The van der Waals surface area contributed by atoms with Gasteiger partial charge < -0.3 is 15.4 Å². The first-order valence-corrected chi connectivity index (χ1v) is 9.47. The summed E-state index contributed by atoms with van der Waals surface area (Å²) in [7, 11) is 0. The van der Waals surface area contributed by atoms with Crippen LogP contribution in [0.25, 0.3) is 0 Å². The van der Waals surface area contributed by atoms with Crippen molar-refractivity contribution in [2.45, 2.75) is 58.6 Å². The highest BCUT2D eigenvalue weighted by molar-refractivity contribution is 5.91. The molecule has 2 N–H and O–H groups in total. The maximum absolute atomic E-state index is 12.5. The average molecular weight is 349 g/mol. The van der Waals surface area contributed by atoms with Crippen LogP contribution in [-0.4, -0.2) is 53.2 Å². The Labute approximate surface area is 149 Å². The fourth-order valence-corrected chi connectivity index (χ4v) is 3.95. The molecule has 3 rings (SSSR count). The van der Waals surface area contributed by atoms with Crippen LogP contribution in [0, 0.1) is 11.3 Å². The minimum Gasteiger partial charge on any atom is -0.377 e. The maximum Gasteiger partial charge on any atom is 0.273 e. The van der Waals surface area contributed by atoms with Crippen LogP contribution in [0.4, 0.5) is 0 Å². The Kier molecular flexibility index (Phi) is 5.74. The second-order valence-electron chi connectivity index (χ2n) is 8.33. The highest BCUT2D eigenvalue weighted by Gasteiger charge is 2.35. The molecule has 0 saturated carbocycles. The van der Waals surface area contributed by atoms with E-state index < -0.39 is 0 Å². The molecule has 3 heterocycles. The van der Waals surface area contributed by atoms with E-state index in [4.69, 9.17) is 4.74 Å². The quantitative estimate of drug-likeness (QED) is 0.866. The molecule has 1 aromatic rings. The fourth-order valence-electron chi connectivity index (χ4n) is 3.95. The first kappa shape index (κ1) is 18.3. The Morgan fingerprint density at radius 2 is 2.12 bits per heavy atom. The van der Waals surface area contributed by atoms with Crippen molar-refractivity contribution in [3.8, 4) is 0 Å². The molecule has 0 aromatic carbocycles. The number of piperidine rings is 1. The summed E-state index contributed by atoms with van der Waals surface area (Å²) in [6.07, 6.45) is 6.15. The van der Waals surface area contributed by atoms with Gasteiger partial charge in [0.25, 0.3) is 5.91 Å². The second kappa shape index (κ2) is 7.83. The molecule has 0 radical (unpaired) electrons. The Balaban J connectivity index is 1.56. The molecule has 1 amide bonds. The zero-order valence-corrected chi connectivity index (χ0v) is 15.6. The summed E-state index contributed by atoms with van der Waals surface area (Å²) >= 11 is 0. The molecular weight excluding hydrogens is 318 g/mol. The SMILES string of the molecule is CC(C)(C)C1OCCCC1CNC(=O)c1cn(C2CCNCC2)nn1. The van der Waals surface area contributed by atoms with E-state index in [-0.39, 0.29) is 17.4 Å². The highest BCUT2D eigenvalue weighted by Crippen LogP contribution is 2.33. The Bertz CT molecular complexity index is 574. The van der Waals surface area contributed by atoms with E-state index in [1.165, 1.54) is 0 Å². The highest BCUT2D eigenvalue weighted by atomic mass is 16.5. The van der Waals surface area contributed by atoms with E-state index in [0.29, 0.717) is 24.2 Å². The van der Waals surface area contributed by atoms with E-state index in [0.717, 1.165) is 45.4 Å². The van der Waals surface area contributed by atoms with E-state index >= 15 is 0 Å². The molecule has 2 aliphatic heterocycles. The summed E-state index contributed by atoms with van der Waals surface area (Å²) in [5.74, 6) is 0.204. The van der Waals surface area contributed by atoms with Crippen molar-refractivity contribution in [2.75, 3.05) is 26.2 Å². The molecular formula is C18H31N5O2. The van der Waals surface area contributed by atoms with Gasteiger partial charge >= 0.3 is 0 Å². The van der Waals surface area contributed by atoms with E-state index in [1.807, 2.05) is 4.68 Å². The number of hydrogen-bond acceptors (Lipinski definition) is 5. The number of rotatable bonds is 4. The number of carbonyl (C=O) groups is 1. The van der Waals surface area contributed by atoms with E-state index in [9.17, 15) is 4.79 Å². The molecule has 2 aliphatic rings. The molecule has 2 fully saturated rings. The first-order valence-electron chi connectivity index (χ1n) is 9.47. The number of nitrogens with zero attached hydrogens (tertiary/aromatic N) is 3. The largest absolute Gasteiger partial charge is 0.377 e. The summed E-state index contributed by atoms with van der Waals surface area (Å²) in [6.45, 7) is 10.0. The predicted octanol–water partition coefficient (Wildman–Crippen LogP) is 1.77. The van der Waals surface area contributed by atoms with Crippen LogP contribution >= 0.6 is 0 Å². The van der Waals surface area contributed by atoms with Crippen LogP contribution in [-0.2, 0) is 4.74 Å². The molecule has 0 aliphatic carbocycles. The first-order chi connectivity index (χ1) is 11.9. The third-order valence-electron chi connectivity index (χ3n) is 5.25. The van der Waals surface area contributed by atoms with Gasteiger partial charge in [-0.1, -0.05) is 26.0 Å². The van der Waals surface area contributed by atoms with Crippen molar-refractivity contribution in [1.29, 1.82) is 0 Å². The molecule has 2 unspecified atom stereocenters. The van der Waals surface area contributed by atoms with Crippen LogP contribution in [0.15, 0.2) is 6.20 Å². The fraction of sp³-hybridized carbons (Fsp3) is 0.833. The van der Waals surface area contributed by atoms with Crippen molar-refractivity contribution in [3.05, 3.63) is 11.9 Å². The zero-order valence-electron chi connectivity index (χ0n) is 15.6. The molecule has 2 saturated heterocycles. The molecule has 140 valence electrons. The lowest BCUT2D eigenvalue weighted by Gasteiger charge is -2.40. The normalized spacial score (nSPS) is 25.7. The van der Waals surface area contributed by atoms with E-state index in [2.05, 4.69) is 41.7 Å². The Hall–Kier alpha value is -1.47. The van der Waals surface area contributed by atoms with Crippen LogP contribution in [0.1, 0.15) is 63.0 Å². The van der Waals surface area contributed by atoms with E-state index in [1.54, 1.807) is 6.20 Å². The minimum atomic E-state index is -0.140. The van der Waals surface area contributed by atoms with Gasteiger partial charge in [0.2, 0.25) is 0 Å². The van der Waals surface area contributed by atoms with Gasteiger partial charge in [0.05, 0.1) is 18.3 Å². The van der Waals surface area contributed by atoms with Crippen molar-refractivity contribution < 1.29 is 9.53 Å². The van der Waals surface area contributed by atoms with Crippen molar-refractivity contribution in [1.82, 2.24) is 25.6 Å². The molecule has 7 heteroatoms. The number of aromatic nitrogens is 3. The van der Waals surface area contributed by atoms with Gasteiger partial charge in [-0.05, 0) is 44.2 Å².